The second-order valence-corrected chi connectivity index (χ2v) is 4.91. The van der Waals surface area contributed by atoms with Gasteiger partial charge in [-0.25, -0.2) is 0 Å². The number of carbonyl (C=O) groups is 1. The number of hydrogen-bond donors (Lipinski definition) is 0. The molecule has 0 unspecified atom stereocenters. The molecule has 0 N–H and O–H groups in total. The van der Waals surface area contributed by atoms with Gasteiger partial charge in [0, 0.05) is 12.0 Å². The van der Waals surface area contributed by atoms with Gasteiger partial charge in [0.05, 0.1) is 0 Å². The zero-order valence-corrected chi connectivity index (χ0v) is 9.94. The van der Waals surface area contributed by atoms with Gasteiger partial charge in [0.15, 0.2) is 5.78 Å². The van der Waals surface area contributed by atoms with E-state index in [1.54, 1.807) is 0 Å². The number of fused-ring (bicyclic) bond motifs is 4. The quantitative estimate of drug-likeness (QED) is 0.670. The average Bonchev–Trinajstić information content (AvgIpc) is 2.86. The highest BCUT2D eigenvalue weighted by Gasteiger charge is 2.30. The minimum Gasteiger partial charge on any atom is -0.294 e. The number of carbonyl (C=O) groups excluding carboxylic acids is 1. The van der Waals surface area contributed by atoms with Gasteiger partial charge in [-0.05, 0) is 34.3 Å². The zero-order valence-electron chi connectivity index (χ0n) is 9.94. The van der Waals surface area contributed by atoms with E-state index in [0.29, 0.717) is 6.42 Å². The van der Waals surface area contributed by atoms with Gasteiger partial charge in [0.1, 0.15) is 0 Å². The number of hydrogen-bond acceptors (Lipinski definition) is 1. The number of Topliss-reactive ketones (excluding diaryl/α,β-unsaturated/α-hetero) is 1. The second-order valence-electron chi connectivity index (χ2n) is 4.91. The summed E-state index contributed by atoms with van der Waals surface area (Å²) in [6.07, 6.45) is 9.82. The fourth-order valence-corrected chi connectivity index (χ4v) is 3.11. The van der Waals surface area contributed by atoms with Crippen LogP contribution >= 0.6 is 0 Å². The monoisotopic (exact) mass is 232 g/mol. The molecule has 0 saturated carbocycles. The fraction of sp³-hybridized carbons (Fsp3) is 0.118. The highest BCUT2D eigenvalue weighted by molar-refractivity contribution is 6.12. The molecule has 0 bridgehead atoms. The van der Waals surface area contributed by atoms with Gasteiger partial charge < -0.3 is 0 Å². The Labute approximate surface area is 106 Å². The first kappa shape index (κ1) is 9.84. The summed E-state index contributed by atoms with van der Waals surface area (Å²) >= 11 is 0. The lowest BCUT2D eigenvalue weighted by Crippen LogP contribution is -2.19. The van der Waals surface area contributed by atoms with Crippen LogP contribution in [0.2, 0.25) is 0 Å². The topological polar surface area (TPSA) is 17.1 Å². The van der Waals surface area contributed by atoms with Crippen molar-refractivity contribution in [3.63, 3.8) is 0 Å². The third-order valence-corrected chi connectivity index (χ3v) is 3.92. The molecule has 0 aromatic heterocycles. The average molecular weight is 232 g/mol. The van der Waals surface area contributed by atoms with Gasteiger partial charge in [0.25, 0.3) is 0 Å². The van der Waals surface area contributed by atoms with E-state index in [1.165, 1.54) is 22.3 Å². The van der Waals surface area contributed by atoms with Crippen LogP contribution in [0.15, 0.2) is 65.3 Å². The van der Waals surface area contributed by atoms with Crippen LogP contribution in [0, 0.1) is 0 Å². The van der Waals surface area contributed by atoms with Gasteiger partial charge in [-0.2, -0.15) is 0 Å². The molecular formula is C17H12O. The fourth-order valence-electron chi connectivity index (χ4n) is 3.11. The lowest BCUT2D eigenvalue weighted by atomic mass is 9.76. The summed E-state index contributed by atoms with van der Waals surface area (Å²) in [6.45, 7) is 0. The molecule has 0 fully saturated rings. The minimum absolute atomic E-state index is 0.268. The maximum Gasteiger partial charge on any atom is 0.168 e. The standard InChI is InChI=1S/C17H12O/c18-16-10-12-4-1-2-6-13(12)15-9-8-11-5-3-7-14(11)17(15)16/h1-8H,9-10H2. The third kappa shape index (κ3) is 1.19. The Kier molecular flexibility index (Phi) is 1.87. The summed E-state index contributed by atoms with van der Waals surface area (Å²) in [7, 11) is 0. The molecule has 0 aliphatic heterocycles. The van der Waals surface area contributed by atoms with Crippen molar-refractivity contribution < 1.29 is 4.79 Å². The van der Waals surface area contributed by atoms with Crippen molar-refractivity contribution in [2.24, 2.45) is 0 Å². The Balaban J connectivity index is 1.98. The van der Waals surface area contributed by atoms with Crippen molar-refractivity contribution in [1.82, 2.24) is 0 Å². The Hall–Kier alpha value is -2.15. The van der Waals surface area contributed by atoms with Gasteiger partial charge in [-0.3, -0.25) is 4.79 Å². The first-order valence-electron chi connectivity index (χ1n) is 6.28. The van der Waals surface area contributed by atoms with Gasteiger partial charge >= 0.3 is 0 Å². The molecule has 1 aromatic rings. The van der Waals surface area contributed by atoms with Crippen molar-refractivity contribution in [2.45, 2.75) is 12.8 Å². The van der Waals surface area contributed by atoms with Crippen LogP contribution in [-0.4, -0.2) is 5.78 Å². The first-order valence-corrected chi connectivity index (χ1v) is 6.28. The molecule has 18 heavy (non-hydrogen) atoms. The van der Waals surface area contributed by atoms with Crippen LogP contribution in [0.25, 0.3) is 5.57 Å². The zero-order chi connectivity index (χ0) is 12.1. The van der Waals surface area contributed by atoms with E-state index in [1.807, 2.05) is 12.1 Å². The largest absolute Gasteiger partial charge is 0.294 e. The Morgan fingerprint density at radius 1 is 1.11 bits per heavy atom. The molecule has 0 radical (unpaired) electrons. The van der Waals surface area contributed by atoms with E-state index in [4.69, 9.17) is 0 Å². The van der Waals surface area contributed by atoms with Crippen molar-refractivity contribution in [3.05, 3.63) is 76.4 Å². The van der Waals surface area contributed by atoms with E-state index in [0.717, 1.165) is 17.6 Å². The van der Waals surface area contributed by atoms with Gasteiger partial charge in [-0.1, -0.05) is 48.6 Å². The maximum absolute atomic E-state index is 12.4. The number of ketones is 1. The number of allylic oxidation sites excluding steroid dienone is 8. The van der Waals surface area contributed by atoms with E-state index in [-0.39, 0.29) is 5.78 Å². The summed E-state index contributed by atoms with van der Waals surface area (Å²) in [6, 6.07) is 8.27. The van der Waals surface area contributed by atoms with Crippen molar-refractivity contribution in [3.8, 4) is 0 Å². The predicted octanol–water partition coefficient (Wildman–Crippen LogP) is 3.39. The summed E-state index contributed by atoms with van der Waals surface area (Å²) < 4.78 is 0. The molecule has 86 valence electrons. The Morgan fingerprint density at radius 3 is 2.94 bits per heavy atom. The molecule has 3 aliphatic carbocycles. The summed E-state index contributed by atoms with van der Waals surface area (Å²) in [5, 5.41) is 0. The van der Waals surface area contributed by atoms with Crippen LogP contribution in [0.3, 0.4) is 0 Å². The van der Waals surface area contributed by atoms with Crippen LogP contribution in [0.1, 0.15) is 17.5 Å². The van der Waals surface area contributed by atoms with Crippen LogP contribution in [0.5, 0.6) is 0 Å². The predicted molar refractivity (Wildman–Crippen MR) is 72.0 cm³/mol. The smallest absolute Gasteiger partial charge is 0.168 e. The highest BCUT2D eigenvalue weighted by atomic mass is 16.1. The summed E-state index contributed by atoms with van der Waals surface area (Å²) in [5.74, 6) is 0.268. The first-order chi connectivity index (χ1) is 8.84. The molecule has 0 spiro atoms. The summed E-state index contributed by atoms with van der Waals surface area (Å²) in [5.41, 5.74) is 6.92. The molecule has 0 atom stereocenters. The van der Waals surface area contributed by atoms with Crippen molar-refractivity contribution >= 4 is 11.4 Å². The molecule has 0 heterocycles. The van der Waals surface area contributed by atoms with Crippen LogP contribution in [0.4, 0.5) is 0 Å². The highest BCUT2D eigenvalue weighted by Crippen LogP contribution is 2.42. The lowest BCUT2D eigenvalue weighted by molar-refractivity contribution is -0.114. The normalized spacial score (nSPS) is 20.1. The molecule has 4 rings (SSSR count). The van der Waals surface area contributed by atoms with E-state index in [9.17, 15) is 4.79 Å². The maximum atomic E-state index is 12.4. The molecular weight excluding hydrogens is 220 g/mol. The Bertz CT molecular complexity index is 696. The molecule has 1 heteroatoms. The minimum atomic E-state index is 0.268. The van der Waals surface area contributed by atoms with Crippen LogP contribution in [-0.2, 0) is 11.2 Å². The van der Waals surface area contributed by atoms with Crippen LogP contribution < -0.4 is 0 Å². The SMILES string of the molecule is O=C1Cc2ccccc2C2=C1C1=CC=CC1=CC2. The molecule has 1 aromatic carbocycles. The second kappa shape index (κ2) is 3.42. The number of benzene rings is 1. The van der Waals surface area contributed by atoms with Gasteiger partial charge in [0.2, 0.25) is 0 Å². The van der Waals surface area contributed by atoms with Crippen molar-refractivity contribution in [2.75, 3.05) is 0 Å². The van der Waals surface area contributed by atoms with E-state index < -0.39 is 0 Å². The lowest BCUT2D eigenvalue weighted by Gasteiger charge is -2.26. The third-order valence-electron chi connectivity index (χ3n) is 3.92. The molecule has 0 saturated heterocycles. The van der Waals surface area contributed by atoms with E-state index >= 15 is 0 Å². The molecule has 0 amide bonds. The van der Waals surface area contributed by atoms with Gasteiger partial charge in [-0.15, -0.1) is 0 Å². The van der Waals surface area contributed by atoms with Crippen molar-refractivity contribution in [1.29, 1.82) is 0 Å². The Morgan fingerprint density at radius 2 is 2.00 bits per heavy atom. The molecule has 3 aliphatic rings. The van der Waals surface area contributed by atoms with E-state index in [2.05, 4.69) is 36.4 Å². The summed E-state index contributed by atoms with van der Waals surface area (Å²) in [4.78, 5) is 12.4. The molecule has 1 nitrogen and oxygen atoms in total. The number of rotatable bonds is 0.